The zero-order valence-electron chi connectivity index (χ0n) is 13.6. The Kier molecular flexibility index (Phi) is 7.70. The molecule has 142 valence electrons. The van der Waals surface area contributed by atoms with Crippen molar-refractivity contribution in [3.63, 3.8) is 0 Å². The number of hydrogen-bond donors (Lipinski definition) is 2. The smallest absolute Gasteiger partial charge is 0.387 e. The molecule has 1 aliphatic rings. The number of halogens is 3. The van der Waals surface area contributed by atoms with Crippen LogP contribution in [0.5, 0.6) is 5.75 Å². The van der Waals surface area contributed by atoms with Crippen LogP contribution in [0.4, 0.5) is 13.9 Å². The van der Waals surface area contributed by atoms with Crippen LogP contribution in [0.25, 0.3) is 11.3 Å². The van der Waals surface area contributed by atoms with Gasteiger partial charge in [0.1, 0.15) is 5.75 Å². The molecule has 0 spiro atoms. The average molecular weight is 406 g/mol. The summed E-state index contributed by atoms with van der Waals surface area (Å²) < 4.78 is 33.9. The number of alkyl halides is 2. The number of benzene rings is 1. The predicted octanol–water partition coefficient (Wildman–Crippen LogP) is 3.15. The molecule has 3 rings (SSSR count). The summed E-state index contributed by atoms with van der Waals surface area (Å²) in [6, 6.07) is 6.20. The average Bonchev–Trinajstić information content (AvgIpc) is 3.04. The van der Waals surface area contributed by atoms with Gasteiger partial charge in [0.15, 0.2) is 5.13 Å². The van der Waals surface area contributed by atoms with Crippen molar-refractivity contribution >= 4 is 34.8 Å². The van der Waals surface area contributed by atoms with E-state index in [9.17, 15) is 13.6 Å². The number of nitrogens with one attached hydrogen (secondary N) is 2. The summed E-state index contributed by atoms with van der Waals surface area (Å²) in [4.78, 5) is 16.4. The number of carbonyl (C=O) groups excluding carboxylic acids is 1. The zero-order chi connectivity index (χ0) is 17.6. The SMILES string of the molecule is Cl.O=C(CC1COCCN1)Nc1nc(-c2ccc(OC(F)F)cc2)cs1. The van der Waals surface area contributed by atoms with Crippen LogP contribution in [0.15, 0.2) is 29.6 Å². The lowest BCUT2D eigenvalue weighted by molar-refractivity contribution is -0.117. The van der Waals surface area contributed by atoms with Crippen molar-refractivity contribution in [2.45, 2.75) is 19.1 Å². The quantitative estimate of drug-likeness (QED) is 0.772. The minimum atomic E-state index is -2.85. The van der Waals surface area contributed by atoms with Crippen molar-refractivity contribution < 1.29 is 23.0 Å². The Morgan fingerprint density at radius 2 is 2.19 bits per heavy atom. The number of ether oxygens (including phenoxy) is 2. The van der Waals surface area contributed by atoms with Gasteiger partial charge >= 0.3 is 6.61 Å². The minimum absolute atomic E-state index is 0. The first-order valence-corrected chi connectivity index (χ1v) is 8.60. The van der Waals surface area contributed by atoms with E-state index in [1.54, 1.807) is 17.5 Å². The summed E-state index contributed by atoms with van der Waals surface area (Å²) in [5.74, 6) is -0.0470. The number of aromatic nitrogens is 1. The number of carbonyl (C=O) groups is 1. The highest BCUT2D eigenvalue weighted by atomic mass is 35.5. The van der Waals surface area contributed by atoms with E-state index in [0.717, 1.165) is 12.1 Å². The Morgan fingerprint density at radius 3 is 2.85 bits per heavy atom. The van der Waals surface area contributed by atoms with E-state index in [4.69, 9.17) is 4.74 Å². The summed E-state index contributed by atoms with van der Waals surface area (Å²) in [6.07, 6.45) is 0.314. The van der Waals surface area contributed by atoms with Gasteiger partial charge in [0.2, 0.25) is 5.91 Å². The number of nitrogens with zero attached hydrogens (tertiary/aromatic N) is 1. The molecule has 1 atom stereocenters. The molecule has 1 aliphatic heterocycles. The summed E-state index contributed by atoms with van der Waals surface area (Å²) in [5.41, 5.74) is 1.41. The first-order valence-electron chi connectivity index (χ1n) is 7.72. The lowest BCUT2D eigenvalue weighted by Crippen LogP contribution is -2.43. The second-order valence-corrected chi connectivity index (χ2v) is 6.28. The minimum Gasteiger partial charge on any atom is -0.435 e. The molecule has 0 bridgehead atoms. The maximum Gasteiger partial charge on any atom is 0.387 e. The summed E-state index contributed by atoms with van der Waals surface area (Å²) in [5, 5.41) is 8.27. The third kappa shape index (κ3) is 5.87. The maximum atomic E-state index is 12.2. The van der Waals surface area contributed by atoms with E-state index < -0.39 is 6.61 Å². The van der Waals surface area contributed by atoms with Crippen LogP contribution in [0, 0.1) is 0 Å². The molecule has 2 heterocycles. The zero-order valence-corrected chi connectivity index (χ0v) is 15.2. The second kappa shape index (κ2) is 9.77. The van der Waals surface area contributed by atoms with E-state index in [0.29, 0.717) is 30.5 Å². The lowest BCUT2D eigenvalue weighted by Gasteiger charge is -2.22. The van der Waals surface area contributed by atoms with Crippen LogP contribution < -0.4 is 15.4 Å². The highest BCUT2D eigenvalue weighted by Crippen LogP contribution is 2.27. The van der Waals surface area contributed by atoms with Crippen molar-refractivity contribution in [1.29, 1.82) is 0 Å². The van der Waals surface area contributed by atoms with Gasteiger partial charge in [0, 0.05) is 30.0 Å². The van der Waals surface area contributed by atoms with Gasteiger partial charge in [-0.1, -0.05) is 0 Å². The third-order valence-corrected chi connectivity index (χ3v) is 4.31. The van der Waals surface area contributed by atoms with Gasteiger partial charge in [-0.3, -0.25) is 4.79 Å². The largest absolute Gasteiger partial charge is 0.435 e. The fourth-order valence-corrected chi connectivity index (χ4v) is 3.15. The molecule has 6 nitrogen and oxygen atoms in total. The molecule has 1 aromatic carbocycles. The number of anilines is 1. The highest BCUT2D eigenvalue weighted by Gasteiger charge is 2.17. The van der Waals surface area contributed by atoms with E-state index in [2.05, 4.69) is 20.4 Å². The van der Waals surface area contributed by atoms with Gasteiger partial charge in [-0.15, -0.1) is 23.7 Å². The van der Waals surface area contributed by atoms with Crippen molar-refractivity contribution in [3.8, 4) is 17.0 Å². The van der Waals surface area contributed by atoms with Crippen LogP contribution in [-0.4, -0.2) is 43.3 Å². The van der Waals surface area contributed by atoms with Crippen LogP contribution in [0.3, 0.4) is 0 Å². The van der Waals surface area contributed by atoms with Crippen molar-refractivity contribution in [1.82, 2.24) is 10.3 Å². The Hall–Kier alpha value is -1.81. The van der Waals surface area contributed by atoms with E-state index >= 15 is 0 Å². The van der Waals surface area contributed by atoms with Crippen LogP contribution in [0.2, 0.25) is 0 Å². The molecule has 26 heavy (non-hydrogen) atoms. The molecule has 2 N–H and O–H groups in total. The molecule has 1 unspecified atom stereocenters. The first-order chi connectivity index (χ1) is 12.1. The van der Waals surface area contributed by atoms with E-state index in [-0.39, 0.29) is 30.1 Å². The van der Waals surface area contributed by atoms with Gasteiger partial charge in [-0.2, -0.15) is 8.78 Å². The van der Waals surface area contributed by atoms with E-state index in [1.807, 2.05) is 0 Å². The molecule has 10 heteroatoms. The van der Waals surface area contributed by atoms with Crippen LogP contribution in [-0.2, 0) is 9.53 Å². The number of morpholine rings is 1. The molecule has 1 saturated heterocycles. The van der Waals surface area contributed by atoms with Crippen molar-refractivity contribution in [2.24, 2.45) is 0 Å². The van der Waals surface area contributed by atoms with Crippen LogP contribution in [0.1, 0.15) is 6.42 Å². The van der Waals surface area contributed by atoms with Gasteiger partial charge < -0.3 is 20.1 Å². The topological polar surface area (TPSA) is 72.5 Å². The molecule has 0 saturated carbocycles. The van der Waals surface area contributed by atoms with Gasteiger partial charge in [0.05, 0.1) is 18.9 Å². The third-order valence-electron chi connectivity index (χ3n) is 3.56. The molecular formula is C16H18ClF2N3O3S. The maximum absolute atomic E-state index is 12.2. The standard InChI is InChI=1S/C16H17F2N3O3S.ClH/c17-15(18)24-12-3-1-10(2-4-12)13-9-25-16(20-13)21-14(22)7-11-8-23-6-5-19-11;/h1-4,9,11,15,19H,5-8H2,(H,20,21,22);1H. The summed E-state index contributed by atoms with van der Waals surface area (Å²) >= 11 is 1.30. The molecule has 1 fully saturated rings. The lowest BCUT2D eigenvalue weighted by atomic mass is 10.2. The molecule has 2 aromatic rings. The second-order valence-electron chi connectivity index (χ2n) is 5.42. The highest BCUT2D eigenvalue weighted by molar-refractivity contribution is 7.14. The van der Waals surface area contributed by atoms with Gasteiger partial charge in [-0.05, 0) is 24.3 Å². The normalized spacial score (nSPS) is 16.8. The Labute approximate surface area is 159 Å². The fourth-order valence-electron chi connectivity index (χ4n) is 2.42. The van der Waals surface area contributed by atoms with Crippen molar-refractivity contribution in [2.75, 3.05) is 25.1 Å². The van der Waals surface area contributed by atoms with Crippen molar-refractivity contribution in [3.05, 3.63) is 29.6 Å². The summed E-state index contributed by atoms with van der Waals surface area (Å²) in [6.45, 7) is -0.931. The number of rotatable bonds is 6. The first kappa shape index (κ1) is 20.5. The molecular weight excluding hydrogens is 388 g/mol. The molecule has 0 radical (unpaired) electrons. The van der Waals surface area contributed by atoms with Gasteiger partial charge in [-0.25, -0.2) is 4.98 Å². The molecule has 1 amide bonds. The molecule has 1 aromatic heterocycles. The predicted molar refractivity (Wildman–Crippen MR) is 97.3 cm³/mol. The summed E-state index contributed by atoms with van der Waals surface area (Å²) in [7, 11) is 0. The molecule has 0 aliphatic carbocycles. The Balaban J connectivity index is 0.00000243. The number of hydrogen-bond acceptors (Lipinski definition) is 6. The van der Waals surface area contributed by atoms with E-state index in [1.165, 1.54) is 23.5 Å². The Morgan fingerprint density at radius 1 is 1.42 bits per heavy atom. The van der Waals surface area contributed by atoms with Crippen LogP contribution >= 0.6 is 23.7 Å². The monoisotopic (exact) mass is 405 g/mol. The fraction of sp³-hybridized carbons (Fsp3) is 0.375. The number of thiazole rings is 1. The Bertz CT molecular complexity index is 709. The van der Waals surface area contributed by atoms with Gasteiger partial charge in [0.25, 0.3) is 0 Å². The number of amides is 1.